The topological polar surface area (TPSA) is 79.4 Å². The lowest BCUT2D eigenvalue weighted by Gasteiger charge is -2.23. The summed E-state index contributed by atoms with van der Waals surface area (Å²) < 4.78 is 25.5. The molecule has 2 aromatic carbocycles. The number of benzene rings is 2. The molecule has 6 nitrogen and oxygen atoms in total. The Hall–Kier alpha value is -2.32. The molecule has 0 fully saturated rings. The van der Waals surface area contributed by atoms with Gasteiger partial charge in [-0.25, -0.2) is 8.42 Å². The Morgan fingerprint density at radius 1 is 0.935 bits per heavy atom. The molecule has 1 aromatic heterocycles. The van der Waals surface area contributed by atoms with Crippen LogP contribution < -0.4 is 9.62 Å². The van der Waals surface area contributed by atoms with E-state index in [4.69, 9.17) is 34.8 Å². The van der Waals surface area contributed by atoms with E-state index in [0.717, 1.165) is 28.1 Å². The summed E-state index contributed by atoms with van der Waals surface area (Å²) in [6.07, 6.45) is 5.18. The first-order valence-corrected chi connectivity index (χ1v) is 12.0. The Bertz CT molecular complexity index is 1190. The van der Waals surface area contributed by atoms with Gasteiger partial charge in [0.05, 0.1) is 27.0 Å². The van der Waals surface area contributed by atoms with Crippen molar-refractivity contribution >= 4 is 62.1 Å². The van der Waals surface area contributed by atoms with E-state index in [2.05, 4.69) is 10.3 Å². The van der Waals surface area contributed by atoms with Gasteiger partial charge < -0.3 is 5.32 Å². The van der Waals surface area contributed by atoms with Gasteiger partial charge in [-0.2, -0.15) is 0 Å². The lowest BCUT2D eigenvalue weighted by atomic mass is 10.1. The van der Waals surface area contributed by atoms with Crippen molar-refractivity contribution < 1.29 is 13.2 Å². The number of carbonyl (C=O) groups excluding carboxylic acids is 1. The molecule has 1 amide bonds. The maximum atomic E-state index is 12.6. The molecule has 0 aliphatic rings. The highest BCUT2D eigenvalue weighted by molar-refractivity contribution is 7.92. The predicted molar refractivity (Wildman–Crippen MR) is 126 cm³/mol. The highest BCUT2D eigenvalue weighted by atomic mass is 35.5. The number of hydrogen-bond acceptors (Lipinski definition) is 4. The molecule has 0 aliphatic carbocycles. The van der Waals surface area contributed by atoms with E-state index in [1.165, 1.54) is 12.1 Å². The van der Waals surface area contributed by atoms with E-state index in [9.17, 15) is 13.2 Å². The molecule has 3 rings (SSSR count). The number of halogens is 3. The van der Waals surface area contributed by atoms with Gasteiger partial charge in [-0.3, -0.25) is 14.1 Å². The highest BCUT2D eigenvalue weighted by Gasteiger charge is 2.24. The Labute approximate surface area is 195 Å². The fourth-order valence-corrected chi connectivity index (χ4v) is 4.41. The third kappa shape index (κ3) is 6.33. The van der Waals surface area contributed by atoms with Crippen molar-refractivity contribution in [3.8, 4) is 0 Å². The molecule has 1 N–H and O–H groups in total. The third-order valence-corrected chi connectivity index (χ3v) is 6.49. The van der Waals surface area contributed by atoms with Gasteiger partial charge in [-0.1, -0.05) is 46.9 Å². The molecule has 0 spiro atoms. The fraction of sp³-hybridized carbons (Fsp3) is 0.143. The van der Waals surface area contributed by atoms with Crippen LogP contribution in [-0.2, 0) is 21.2 Å². The maximum Gasteiger partial charge on any atom is 0.245 e. The lowest BCUT2D eigenvalue weighted by Crippen LogP contribution is -2.37. The van der Waals surface area contributed by atoms with E-state index < -0.39 is 22.5 Å². The molecule has 0 atom stereocenters. The SMILES string of the molecule is CS(=O)(=O)N(CC(=O)Nc1ccc(Cc2ccncc2)cc1)c1cc(Cl)c(Cl)cc1Cl. The largest absolute Gasteiger partial charge is 0.325 e. The minimum atomic E-state index is -3.82. The molecule has 0 saturated heterocycles. The van der Waals surface area contributed by atoms with Crippen LogP contribution in [-0.4, -0.2) is 32.1 Å². The van der Waals surface area contributed by atoms with E-state index in [1.807, 2.05) is 24.3 Å². The van der Waals surface area contributed by atoms with Crippen molar-refractivity contribution in [1.82, 2.24) is 4.98 Å². The lowest BCUT2D eigenvalue weighted by molar-refractivity contribution is -0.114. The van der Waals surface area contributed by atoms with Crippen molar-refractivity contribution in [3.63, 3.8) is 0 Å². The van der Waals surface area contributed by atoms with Gasteiger partial charge in [0.15, 0.2) is 0 Å². The van der Waals surface area contributed by atoms with Crippen molar-refractivity contribution in [2.75, 3.05) is 22.4 Å². The minimum absolute atomic E-state index is 0.0630. The first kappa shape index (κ1) is 23.3. The summed E-state index contributed by atoms with van der Waals surface area (Å²) in [5, 5.41) is 3.06. The van der Waals surface area contributed by atoms with Crippen molar-refractivity contribution in [1.29, 1.82) is 0 Å². The zero-order chi connectivity index (χ0) is 22.6. The van der Waals surface area contributed by atoms with Gasteiger partial charge in [-0.05, 0) is 53.9 Å². The van der Waals surface area contributed by atoms with Gasteiger partial charge >= 0.3 is 0 Å². The highest BCUT2D eigenvalue weighted by Crippen LogP contribution is 2.35. The zero-order valence-electron chi connectivity index (χ0n) is 16.3. The maximum absolute atomic E-state index is 12.6. The van der Waals surface area contributed by atoms with E-state index in [0.29, 0.717) is 5.69 Å². The summed E-state index contributed by atoms with van der Waals surface area (Å²) in [6, 6.07) is 13.8. The van der Waals surface area contributed by atoms with Gasteiger partial charge in [0.25, 0.3) is 0 Å². The summed E-state index contributed by atoms with van der Waals surface area (Å²) in [6.45, 7) is -0.477. The van der Waals surface area contributed by atoms with Gasteiger partial charge in [0.2, 0.25) is 15.9 Å². The van der Waals surface area contributed by atoms with Gasteiger partial charge in [0, 0.05) is 18.1 Å². The van der Waals surface area contributed by atoms with Gasteiger partial charge in [0.1, 0.15) is 6.54 Å². The quantitative estimate of drug-likeness (QED) is 0.463. The van der Waals surface area contributed by atoms with Crippen LogP contribution in [0.1, 0.15) is 11.1 Å². The van der Waals surface area contributed by atoms with E-state index >= 15 is 0 Å². The van der Waals surface area contributed by atoms with Crippen LogP contribution in [0.25, 0.3) is 0 Å². The van der Waals surface area contributed by atoms with E-state index in [-0.39, 0.29) is 20.8 Å². The monoisotopic (exact) mass is 497 g/mol. The average Bonchev–Trinajstić information content (AvgIpc) is 2.71. The summed E-state index contributed by atoms with van der Waals surface area (Å²) in [5.41, 5.74) is 2.79. The molecule has 0 bridgehead atoms. The summed E-state index contributed by atoms with van der Waals surface area (Å²) >= 11 is 18.1. The second-order valence-electron chi connectivity index (χ2n) is 6.76. The number of carbonyl (C=O) groups is 1. The van der Waals surface area contributed by atoms with Crippen LogP contribution in [0.2, 0.25) is 15.1 Å². The van der Waals surface area contributed by atoms with Crippen LogP contribution >= 0.6 is 34.8 Å². The molecule has 0 unspecified atom stereocenters. The standard InChI is InChI=1S/C21H18Cl3N3O3S/c1-31(29,30)27(20-12-18(23)17(22)11-19(20)24)13-21(28)26-16-4-2-14(3-5-16)10-15-6-8-25-9-7-15/h2-9,11-12H,10,13H2,1H3,(H,26,28). The molecule has 0 radical (unpaired) electrons. The molecule has 3 aromatic rings. The number of anilines is 2. The number of pyridine rings is 1. The van der Waals surface area contributed by atoms with E-state index in [1.54, 1.807) is 24.5 Å². The van der Waals surface area contributed by atoms with Crippen LogP contribution in [0.3, 0.4) is 0 Å². The molecule has 0 aliphatic heterocycles. The number of amides is 1. The van der Waals surface area contributed by atoms with Crippen molar-refractivity contribution in [2.24, 2.45) is 0 Å². The Morgan fingerprint density at radius 2 is 1.52 bits per heavy atom. The molecular formula is C21H18Cl3N3O3S. The number of nitrogens with zero attached hydrogens (tertiary/aromatic N) is 2. The third-order valence-electron chi connectivity index (χ3n) is 4.34. The van der Waals surface area contributed by atoms with Crippen molar-refractivity contribution in [2.45, 2.75) is 6.42 Å². The van der Waals surface area contributed by atoms with Crippen LogP contribution in [0.15, 0.2) is 60.9 Å². The number of aromatic nitrogens is 1. The van der Waals surface area contributed by atoms with Gasteiger partial charge in [-0.15, -0.1) is 0 Å². The van der Waals surface area contributed by atoms with Crippen LogP contribution in [0, 0.1) is 0 Å². The Balaban J connectivity index is 1.72. The first-order chi connectivity index (χ1) is 14.6. The summed E-state index contributed by atoms with van der Waals surface area (Å²) in [7, 11) is -3.82. The summed E-state index contributed by atoms with van der Waals surface area (Å²) in [5.74, 6) is -0.533. The molecule has 31 heavy (non-hydrogen) atoms. The molecule has 1 heterocycles. The summed E-state index contributed by atoms with van der Waals surface area (Å²) in [4.78, 5) is 16.6. The number of hydrogen-bond donors (Lipinski definition) is 1. The normalized spacial score (nSPS) is 11.2. The van der Waals surface area contributed by atoms with Crippen LogP contribution in [0.4, 0.5) is 11.4 Å². The molecule has 10 heteroatoms. The Morgan fingerprint density at radius 3 is 2.13 bits per heavy atom. The van der Waals surface area contributed by atoms with Crippen molar-refractivity contribution in [3.05, 3.63) is 87.1 Å². The zero-order valence-corrected chi connectivity index (χ0v) is 19.4. The van der Waals surface area contributed by atoms with Crippen LogP contribution in [0.5, 0.6) is 0 Å². The minimum Gasteiger partial charge on any atom is -0.325 e. The fourth-order valence-electron chi connectivity index (χ4n) is 2.86. The molecular weight excluding hydrogens is 481 g/mol. The number of nitrogens with one attached hydrogen (secondary N) is 1. The molecule has 0 saturated carbocycles. The molecule has 162 valence electrons. The Kier molecular flexibility index (Phi) is 7.43. The number of sulfonamides is 1. The number of rotatable bonds is 7. The average molecular weight is 499 g/mol. The second kappa shape index (κ2) is 9.87. The second-order valence-corrected chi connectivity index (χ2v) is 9.89. The predicted octanol–water partition coefficient (Wildman–Crippen LogP) is 5.04. The first-order valence-electron chi connectivity index (χ1n) is 9.03. The smallest absolute Gasteiger partial charge is 0.245 e.